The largest absolute Gasteiger partial charge is 0.525 e. The van der Waals surface area contributed by atoms with Crippen molar-refractivity contribution in [3.63, 3.8) is 0 Å². The fourth-order valence-electron chi connectivity index (χ4n) is 3.15. The maximum Gasteiger partial charge on any atom is 0.525 e. The van der Waals surface area contributed by atoms with E-state index in [0.717, 1.165) is 12.8 Å². The zero-order valence-electron chi connectivity index (χ0n) is 16.0. The maximum absolute atomic E-state index is 12.7. The number of hydrogen-bond donors (Lipinski definition) is 0. The Morgan fingerprint density at radius 2 is 1.70 bits per heavy atom. The number of imide groups is 1. The molecular formula is C19H18F3NO6S. The normalized spacial score (nSPS) is 15.7. The number of ether oxygens (including phenoxy) is 1. The van der Waals surface area contributed by atoms with Crippen molar-refractivity contribution in [1.29, 1.82) is 0 Å². The second kappa shape index (κ2) is 7.97. The molecular weight excluding hydrogens is 427 g/mol. The number of rotatable bonds is 7. The first kappa shape index (κ1) is 22.2. The summed E-state index contributed by atoms with van der Waals surface area (Å²) >= 11 is 0. The molecule has 1 heterocycles. The van der Waals surface area contributed by atoms with Crippen LogP contribution in [0, 0.1) is 0 Å². The van der Waals surface area contributed by atoms with Gasteiger partial charge in [0.15, 0.2) is 0 Å². The molecule has 0 N–H and O–H groups in total. The highest BCUT2D eigenvalue weighted by Gasteiger charge is 2.51. The molecule has 0 aromatic heterocycles. The van der Waals surface area contributed by atoms with Crippen molar-refractivity contribution in [3.8, 4) is 0 Å². The van der Waals surface area contributed by atoms with Crippen LogP contribution in [-0.2, 0) is 19.1 Å². The third-order valence-corrected chi connectivity index (χ3v) is 5.58. The van der Waals surface area contributed by atoms with Gasteiger partial charge in [-0.15, -0.1) is 9.35 Å². The molecule has 0 fully saturated rings. The first-order valence-electron chi connectivity index (χ1n) is 9.06. The molecule has 3 rings (SSSR count). The molecule has 2 amide bonds. The zero-order valence-corrected chi connectivity index (χ0v) is 16.8. The van der Waals surface area contributed by atoms with E-state index >= 15 is 0 Å². The van der Waals surface area contributed by atoms with E-state index in [1.165, 1.54) is 18.2 Å². The van der Waals surface area contributed by atoms with Crippen molar-refractivity contribution in [2.24, 2.45) is 0 Å². The molecule has 11 heteroatoms. The molecule has 1 aliphatic heterocycles. The smallest absolute Gasteiger partial charge is 0.374 e. The molecule has 0 bridgehead atoms. The van der Waals surface area contributed by atoms with Gasteiger partial charge in [-0.05, 0) is 36.4 Å². The van der Waals surface area contributed by atoms with Crippen molar-refractivity contribution in [2.75, 3.05) is 6.61 Å². The summed E-state index contributed by atoms with van der Waals surface area (Å²) in [5.41, 5.74) is -5.41. The Kier molecular flexibility index (Phi) is 5.89. The van der Waals surface area contributed by atoms with Crippen molar-refractivity contribution < 1.29 is 40.2 Å². The zero-order chi connectivity index (χ0) is 22.3. The fraction of sp³-hybridized carbons (Fsp3) is 0.368. The Bertz CT molecular complexity index is 1090. The van der Waals surface area contributed by atoms with Crippen molar-refractivity contribution in [2.45, 2.75) is 38.3 Å². The van der Waals surface area contributed by atoms with Crippen LogP contribution in [-0.4, -0.2) is 37.4 Å². The van der Waals surface area contributed by atoms with Crippen LogP contribution in [0.25, 0.3) is 10.8 Å². The SMILES string of the molecule is CCCCOC(C)c1ccc2c3c(cccc13)C(=O)N(OS(=O)(=O)C(F)(F)F)C2=O. The topological polar surface area (TPSA) is 90.0 Å². The fourth-order valence-corrected chi connectivity index (χ4v) is 3.57. The molecule has 1 aliphatic rings. The third kappa shape index (κ3) is 3.80. The maximum atomic E-state index is 12.7. The first-order chi connectivity index (χ1) is 14.0. The summed E-state index contributed by atoms with van der Waals surface area (Å²) < 4.78 is 70.3. The van der Waals surface area contributed by atoms with Crippen molar-refractivity contribution >= 4 is 32.7 Å². The molecule has 0 aliphatic carbocycles. The lowest BCUT2D eigenvalue weighted by Gasteiger charge is -2.27. The van der Waals surface area contributed by atoms with E-state index in [1.807, 2.05) is 6.92 Å². The molecule has 0 saturated heterocycles. The quantitative estimate of drug-likeness (QED) is 0.362. The minimum atomic E-state index is -6.20. The molecule has 0 saturated carbocycles. The number of carbonyl (C=O) groups excluding carboxylic acids is 2. The van der Waals surface area contributed by atoms with Gasteiger partial charge >= 0.3 is 15.6 Å². The Morgan fingerprint density at radius 1 is 1.07 bits per heavy atom. The van der Waals surface area contributed by atoms with E-state index in [-0.39, 0.29) is 27.7 Å². The van der Waals surface area contributed by atoms with E-state index in [9.17, 15) is 31.2 Å². The monoisotopic (exact) mass is 445 g/mol. The Labute approximate surface area is 170 Å². The van der Waals surface area contributed by atoms with Gasteiger partial charge in [0.2, 0.25) is 0 Å². The molecule has 1 atom stereocenters. The highest BCUT2D eigenvalue weighted by atomic mass is 32.2. The van der Waals surface area contributed by atoms with E-state index in [0.29, 0.717) is 17.6 Å². The van der Waals surface area contributed by atoms with Gasteiger partial charge in [-0.2, -0.15) is 21.6 Å². The van der Waals surface area contributed by atoms with Gasteiger partial charge in [0.1, 0.15) is 0 Å². The predicted octanol–water partition coefficient (Wildman–Crippen LogP) is 4.09. The summed E-state index contributed by atoms with van der Waals surface area (Å²) in [6.07, 6.45) is 1.42. The third-order valence-electron chi connectivity index (χ3n) is 4.66. The summed E-state index contributed by atoms with van der Waals surface area (Å²) in [5, 5.41) is 0.343. The standard InChI is InChI=1S/C19H18F3NO6S/c1-3-4-10-28-11(2)12-8-9-15-16-13(12)6-5-7-14(16)17(24)23(18(15)25)29-30(26,27)19(20,21)22/h5-9,11H,3-4,10H2,1-2H3. The number of unbranched alkanes of at least 4 members (excludes halogenated alkanes) is 1. The van der Waals surface area contributed by atoms with E-state index < -0.39 is 27.4 Å². The summed E-state index contributed by atoms with van der Waals surface area (Å²) in [5.74, 6) is -2.61. The summed E-state index contributed by atoms with van der Waals surface area (Å²) in [6.45, 7) is 4.33. The summed E-state index contributed by atoms with van der Waals surface area (Å²) in [4.78, 5) is 25.3. The van der Waals surface area contributed by atoms with Crippen LogP contribution in [0.4, 0.5) is 13.2 Å². The molecule has 162 valence electrons. The number of nitrogens with zero attached hydrogens (tertiary/aromatic N) is 1. The van der Waals surface area contributed by atoms with Gasteiger partial charge in [-0.3, -0.25) is 9.59 Å². The van der Waals surface area contributed by atoms with Crippen LogP contribution >= 0.6 is 0 Å². The van der Waals surface area contributed by atoms with Crippen LogP contribution in [0.5, 0.6) is 0 Å². The second-order valence-corrected chi connectivity index (χ2v) is 8.20. The number of amides is 2. The predicted molar refractivity (Wildman–Crippen MR) is 99.8 cm³/mol. The molecule has 0 radical (unpaired) electrons. The Morgan fingerprint density at radius 3 is 2.30 bits per heavy atom. The highest BCUT2D eigenvalue weighted by Crippen LogP contribution is 2.36. The average Bonchev–Trinajstić information content (AvgIpc) is 2.68. The van der Waals surface area contributed by atoms with Gasteiger partial charge in [0.05, 0.1) is 17.2 Å². The lowest BCUT2D eigenvalue weighted by Crippen LogP contribution is -2.44. The van der Waals surface area contributed by atoms with Crippen LogP contribution < -0.4 is 0 Å². The average molecular weight is 445 g/mol. The van der Waals surface area contributed by atoms with Gasteiger partial charge < -0.3 is 4.74 Å². The van der Waals surface area contributed by atoms with Crippen LogP contribution in [0.3, 0.4) is 0 Å². The highest BCUT2D eigenvalue weighted by molar-refractivity contribution is 7.87. The van der Waals surface area contributed by atoms with Crippen LogP contribution in [0.15, 0.2) is 30.3 Å². The summed E-state index contributed by atoms with van der Waals surface area (Å²) in [7, 11) is -6.20. The van der Waals surface area contributed by atoms with Crippen molar-refractivity contribution in [3.05, 3.63) is 47.0 Å². The number of benzene rings is 2. The molecule has 2 aromatic carbocycles. The number of carbonyl (C=O) groups is 2. The first-order valence-corrected chi connectivity index (χ1v) is 10.5. The van der Waals surface area contributed by atoms with Gasteiger partial charge in [0, 0.05) is 12.0 Å². The molecule has 1 unspecified atom stereocenters. The van der Waals surface area contributed by atoms with Gasteiger partial charge in [-0.25, -0.2) is 0 Å². The van der Waals surface area contributed by atoms with E-state index in [4.69, 9.17) is 4.74 Å². The van der Waals surface area contributed by atoms with Gasteiger partial charge in [-0.1, -0.05) is 31.5 Å². The Hall–Kier alpha value is -2.50. The summed E-state index contributed by atoms with van der Waals surface area (Å²) in [6, 6.07) is 7.28. The van der Waals surface area contributed by atoms with Crippen LogP contribution in [0.2, 0.25) is 0 Å². The lowest BCUT2D eigenvalue weighted by molar-refractivity contribution is -0.0761. The lowest BCUT2D eigenvalue weighted by atomic mass is 9.90. The van der Waals surface area contributed by atoms with E-state index in [2.05, 4.69) is 4.28 Å². The van der Waals surface area contributed by atoms with E-state index in [1.54, 1.807) is 19.1 Å². The molecule has 0 spiro atoms. The number of hydroxylamine groups is 2. The number of halogens is 3. The van der Waals surface area contributed by atoms with Gasteiger partial charge in [0.25, 0.3) is 11.8 Å². The minimum absolute atomic E-state index is 0.151. The molecule has 30 heavy (non-hydrogen) atoms. The second-order valence-electron chi connectivity index (χ2n) is 6.68. The Balaban J connectivity index is 2.06. The van der Waals surface area contributed by atoms with Crippen LogP contribution in [0.1, 0.15) is 59.1 Å². The number of hydrogen-bond acceptors (Lipinski definition) is 6. The number of alkyl halides is 3. The minimum Gasteiger partial charge on any atom is -0.374 e. The van der Waals surface area contributed by atoms with Crippen molar-refractivity contribution in [1.82, 2.24) is 5.06 Å². The molecule has 7 nitrogen and oxygen atoms in total. The molecule has 2 aromatic rings.